The maximum absolute atomic E-state index is 12.5. The Morgan fingerprint density at radius 1 is 1.30 bits per heavy atom. The third kappa shape index (κ3) is 4.30. The number of carbonyl (C=O) groups excluding carboxylic acids is 2. The number of ether oxygens (including phenoxy) is 1. The van der Waals surface area contributed by atoms with Crippen molar-refractivity contribution >= 4 is 20.0 Å². The number of amides is 1. The van der Waals surface area contributed by atoms with Crippen molar-refractivity contribution in [2.45, 2.75) is 31.8 Å². The van der Waals surface area contributed by atoms with E-state index in [4.69, 9.17) is 9.16 Å². The molecule has 6 heteroatoms. The van der Waals surface area contributed by atoms with E-state index >= 15 is 0 Å². The van der Waals surface area contributed by atoms with Gasteiger partial charge >= 0.3 is 0 Å². The van der Waals surface area contributed by atoms with Crippen molar-refractivity contribution in [2.24, 2.45) is 0 Å². The van der Waals surface area contributed by atoms with Crippen LogP contribution in [0.4, 0.5) is 0 Å². The molecule has 0 aromatic heterocycles. The van der Waals surface area contributed by atoms with Crippen LogP contribution in [0.15, 0.2) is 43.0 Å². The normalized spacial score (nSPS) is 20.8. The van der Waals surface area contributed by atoms with Gasteiger partial charge in [0.2, 0.25) is 6.10 Å². The van der Waals surface area contributed by atoms with Crippen LogP contribution < -0.4 is 4.74 Å². The minimum atomic E-state index is -1.79. The molecule has 1 amide bonds. The smallest absolute Gasteiger partial charge is 0.267 e. The van der Waals surface area contributed by atoms with E-state index in [2.05, 4.69) is 6.58 Å². The van der Waals surface area contributed by atoms with E-state index in [0.29, 0.717) is 12.3 Å². The topological polar surface area (TPSA) is 55.8 Å². The minimum Gasteiger partial charge on any atom is -0.478 e. The van der Waals surface area contributed by atoms with Crippen LogP contribution in [0.2, 0.25) is 19.6 Å². The lowest BCUT2D eigenvalue weighted by atomic mass is 9.93. The van der Waals surface area contributed by atoms with Gasteiger partial charge in [0.05, 0.1) is 6.61 Å². The fourth-order valence-corrected chi connectivity index (χ4v) is 2.91. The number of hydrogen-bond donors (Lipinski definition) is 0. The van der Waals surface area contributed by atoms with Crippen LogP contribution in [0.25, 0.3) is 0 Å². The maximum Gasteiger partial charge on any atom is 0.267 e. The average molecular weight is 333 g/mol. The van der Waals surface area contributed by atoms with Gasteiger partial charge in [-0.1, -0.05) is 24.3 Å². The largest absolute Gasteiger partial charge is 0.478 e. The zero-order valence-corrected chi connectivity index (χ0v) is 14.8. The molecule has 5 nitrogen and oxygen atoms in total. The molecule has 2 rings (SSSR count). The molecule has 1 aliphatic heterocycles. The molecule has 0 N–H and O–H groups in total. The van der Waals surface area contributed by atoms with Crippen molar-refractivity contribution in [1.29, 1.82) is 0 Å². The molecule has 0 saturated carbocycles. The molecule has 1 aromatic carbocycles. The second kappa shape index (κ2) is 7.10. The number of Topliss-reactive ketones (excluding diaryl/α,β-unsaturated/α-hetero) is 1. The van der Waals surface area contributed by atoms with Gasteiger partial charge in [-0.05, 0) is 31.8 Å². The van der Waals surface area contributed by atoms with Crippen LogP contribution in [-0.4, -0.2) is 50.2 Å². The first kappa shape index (κ1) is 17.4. The molecule has 2 atom stereocenters. The molecule has 0 unspecified atom stereocenters. The van der Waals surface area contributed by atoms with E-state index in [1.165, 1.54) is 4.90 Å². The summed E-state index contributed by atoms with van der Waals surface area (Å²) >= 11 is 0. The summed E-state index contributed by atoms with van der Waals surface area (Å²) in [7, 11) is -1.79. The number of para-hydroxylation sites is 1. The zero-order valence-electron chi connectivity index (χ0n) is 13.8. The van der Waals surface area contributed by atoms with Gasteiger partial charge in [-0.15, -0.1) is 6.58 Å². The highest BCUT2D eigenvalue weighted by molar-refractivity contribution is 6.69. The Morgan fingerprint density at radius 3 is 2.52 bits per heavy atom. The third-order valence-corrected chi connectivity index (χ3v) is 4.47. The van der Waals surface area contributed by atoms with Crippen molar-refractivity contribution in [3.63, 3.8) is 0 Å². The lowest BCUT2D eigenvalue weighted by Crippen LogP contribution is -2.70. The van der Waals surface area contributed by atoms with Crippen molar-refractivity contribution < 1.29 is 18.8 Å². The summed E-state index contributed by atoms with van der Waals surface area (Å²) in [5.74, 6) is 0.253. The van der Waals surface area contributed by atoms with Gasteiger partial charge in [0.25, 0.3) is 5.91 Å². The number of rotatable bonds is 8. The van der Waals surface area contributed by atoms with Gasteiger partial charge in [0.1, 0.15) is 11.8 Å². The second-order valence-corrected chi connectivity index (χ2v) is 11.0. The molecule has 1 fully saturated rings. The lowest BCUT2D eigenvalue weighted by molar-refractivity contribution is -0.168. The highest BCUT2D eigenvalue weighted by Gasteiger charge is 2.52. The number of ketones is 1. The minimum absolute atomic E-state index is 0.00988. The molecule has 1 aromatic rings. The van der Waals surface area contributed by atoms with Crippen molar-refractivity contribution in [3.8, 4) is 5.75 Å². The Hall–Kier alpha value is -1.92. The van der Waals surface area contributed by atoms with Crippen LogP contribution >= 0.6 is 0 Å². The Labute approximate surface area is 138 Å². The predicted molar refractivity (Wildman–Crippen MR) is 90.9 cm³/mol. The molecule has 0 spiro atoms. The monoisotopic (exact) mass is 333 g/mol. The molecule has 0 radical (unpaired) electrons. The van der Waals surface area contributed by atoms with Crippen LogP contribution in [-0.2, 0) is 14.0 Å². The molecule has 1 aliphatic rings. The van der Waals surface area contributed by atoms with Crippen LogP contribution in [0.3, 0.4) is 0 Å². The molecule has 124 valence electrons. The van der Waals surface area contributed by atoms with Gasteiger partial charge in [0, 0.05) is 6.54 Å². The van der Waals surface area contributed by atoms with E-state index in [0.717, 1.165) is 0 Å². The quantitative estimate of drug-likeness (QED) is 0.416. The number of nitrogens with zero attached hydrogens (tertiary/aromatic N) is 1. The molecule has 0 bridgehead atoms. The number of carbonyl (C=O) groups is 2. The fourth-order valence-electron chi connectivity index (χ4n) is 2.34. The van der Waals surface area contributed by atoms with Crippen LogP contribution in [0.5, 0.6) is 5.75 Å². The van der Waals surface area contributed by atoms with Crippen molar-refractivity contribution in [3.05, 3.63) is 43.0 Å². The van der Waals surface area contributed by atoms with E-state index in [1.807, 2.05) is 37.8 Å². The summed E-state index contributed by atoms with van der Waals surface area (Å²) in [6.45, 7) is 10.0. The summed E-state index contributed by atoms with van der Waals surface area (Å²) in [5, 5.41) is 0. The van der Waals surface area contributed by atoms with Gasteiger partial charge in [-0.25, -0.2) is 0 Å². The predicted octanol–water partition coefficient (Wildman–Crippen LogP) is 2.25. The van der Waals surface area contributed by atoms with E-state index in [9.17, 15) is 9.59 Å². The molecular formula is C17H23NO4Si. The molecule has 23 heavy (non-hydrogen) atoms. The summed E-state index contributed by atoms with van der Waals surface area (Å²) in [6, 6.07) is 8.44. The molecule has 1 heterocycles. The van der Waals surface area contributed by atoms with Gasteiger partial charge < -0.3 is 14.1 Å². The summed E-state index contributed by atoms with van der Waals surface area (Å²) in [5.41, 5.74) is 0. The Bertz CT molecular complexity index is 582. The SMILES string of the molecule is C=CCN1C(=O)[C@H](Oc2ccccc2)[C@@H]1C(=O)CO[Si](C)(C)C. The molecule has 1 saturated heterocycles. The molecular weight excluding hydrogens is 310 g/mol. The summed E-state index contributed by atoms with van der Waals surface area (Å²) < 4.78 is 11.4. The van der Waals surface area contributed by atoms with Gasteiger partial charge in [-0.2, -0.15) is 0 Å². The average Bonchev–Trinajstić information content (AvgIpc) is 2.51. The second-order valence-electron chi connectivity index (χ2n) is 6.44. The van der Waals surface area contributed by atoms with Crippen LogP contribution in [0.1, 0.15) is 0 Å². The Morgan fingerprint density at radius 2 is 1.96 bits per heavy atom. The van der Waals surface area contributed by atoms with E-state index in [1.54, 1.807) is 18.2 Å². The Balaban J connectivity index is 2.08. The van der Waals surface area contributed by atoms with Crippen molar-refractivity contribution in [2.75, 3.05) is 13.2 Å². The number of hydrogen-bond acceptors (Lipinski definition) is 4. The van der Waals surface area contributed by atoms with Crippen LogP contribution in [0, 0.1) is 0 Å². The van der Waals surface area contributed by atoms with Gasteiger partial charge in [-0.3, -0.25) is 9.59 Å². The summed E-state index contributed by atoms with van der Waals surface area (Å²) in [4.78, 5) is 26.2. The first-order valence-electron chi connectivity index (χ1n) is 7.63. The zero-order chi connectivity index (χ0) is 17.0. The highest BCUT2D eigenvalue weighted by atomic mass is 28.4. The van der Waals surface area contributed by atoms with E-state index in [-0.39, 0.29) is 18.3 Å². The number of likely N-dealkylation sites (tertiary alicyclic amines) is 1. The fraction of sp³-hybridized carbons (Fsp3) is 0.412. The standard InChI is InChI=1S/C17H23NO4Si/c1-5-11-18-15(14(19)12-21-23(2,3)4)16(17(18)20)22-13-9-7-6-8-10-13/h5-10,15-16H,1,11-12H2,2-4H3/t15-,16+/m0/s1. The van der Waals surface area contributed by atoms with E-state index < -0.39 is 20.5 Å². The first-order chi connectivity index (χ1) is 10.8. The van der Waals surface area contributed by atoms with Gasteiger partial charge in [0.15, 0.2) is 14.1 Å². The lowest BCUT2D eigenvalue weighted by Gasteiger charge is -2.45. The highest BCUT2D eigenvalue weighted by Crippen LogP contribution is 2.26. The number of β-lactam (4-membered cyclic amide) rings is 1. The number of benzene rings is 1. The molecule has 0 aliphatic carbocycles. The Kier molecular flexibility index (Phi) is 5.38. The maximum atomic E-state index is 12.5. The third-order valence-electron chi connectivity index (χ3n) is 3.46. The summed E-state index contributed by atoms with van der Waals surface area (Å²) in [6.07, 6.45) is 0.825. The van der Waals surface area contributed by atoms with Crippen molar-refractivity contribution in [1.82, 2.24) is 4.90 Å². The first-order valence-corrected chi connectivity index (χ1v) is 11.0.